The molecular weight excluding hydrogens is 757 g/mol. The van der Waals surface area contributed by atoms with Crippen LogP contribution in [0.15, 0.2) is 35.9 Å². The van der Waals surface area contributed by atoms with Crippen LogP contribution in [0.1, 0.15) is 70.6 Å². The van der Waals surface area contributed by atoms with Crippen LogP contribution in [0.3, 0.4) is 0 Å². The maximum atomic E-state index is 17.4. The molecule has 15 heteroatoms. The minimum atomic E-state index is -1.59. The number of benzene rings is 2. The van der Waals surface area contributed by atoms with Gasteiger partial charge in [-0.3, -0.25) is 4.90 Å². The summed E-state index contributed by atoms with van der Waals surface area (Å²) in [5.74, 6) is 0.974. The Balaban J connectivity index is 1.22. The van der Waals surface area contributed by atoms with Crippen LogP contribution in [0.25, 0.3) is 32.9 Å². The quantitative estimate of drug-likeness (QED) is 0.132. The van der Waals surface area contributed by atoms with Gasteiger partial charge in [-0.05, 0) is 88.5 Å². The Hall–Kier alpha value is -5.20. The molecule has 2 unspecified atom stereocenters. The number of methoxy groups -OCH3 is 1. The lowest BCUT2D eigenvalue weighted by Gasteiger charge is -2.42. The molecule has 5 heterocycles. The van der Waals surface area contributed by atoms with Crippen molar-refractivity contribution in [2.75, 3.05) is 51.3 Å². The van der Waals surface area contributed by atoms with Gasteiger partial charge in [0.25, 0.3) is 6.08 Å². The predicted octanol–water partition coefficient (Wildman–Crippen LogP) is 7.95. The van der Waals surface area contributed by atoms with E-state index < -0.39 is 23.3 Å². The summed E-state index contributed by atoms with van der Waals surface area (Å²) in [7, 11) is 1.48. The summed E-state index contributed by atoms with van der Waals surface area (Å²) in [4.78, 5) is 33.7. The number of hydrogen-bond acceptors (Lipinski definition) is 10. The second kappa shape index (κ2) is 15.2. The molecule has 3 aliphatic heterocycles. The van der Waals surface area contributed by atoms with Gasteiger partial charge < -0.3 is 29.1 Å². The largest absolute Gasteiger partial charge is 0.508 e. The molecule has 0 spiro atoms. The van der Waals surface area contributed by atoms with Crippen LogP contribution in [-0.4, -0.2) is 100 Å². The molecule has 1 saturated carbocycles. The van der Waals surface area contributed by atoms with Crippen molar-refractivity contribution in [3.63, 3.8) is 0 Å². The lowest BCUT2D eigenvalue weighted by molar-refractivity contribution is 0.0122. The Bertz CT molecular complexity index is 2350. The first-order chi connectivity index (χ1) is 27.7. The maximum absolute atomic E-state index is 17.4. The second-order valence-corrected chi connectivity index (χ2v) is 17.0. The number of nitrogens with zero attached hydrogens (tertiary/aromatic N) is 6. The fourth-order valence-electron chi connectivity index (χ4n) is 8.75. The highest BCUT2D eigenvalue weighted by atomic mass is 19.3. The van der Waals surface area contributed by atoms with Gasteiger partial charge in [-0.1, -0.05) is 12.0 Å². The standard InChI is InChI=1S/C43H46F4N6O5/c1-6-29-31(44)10-7-25-17-28(54)18-30(33(25)29)36-35(45)37-34(32(48-36)21-56-5)39(52-19-26-8-9-27(20-52)53(26)41(55)58-42(2,3)4)50-40(49-37)57-23-43(13-14-43)22-51-15-11-24(12-16-51)38(46)47/h1,7,10,17-18,26-27,54H,8-9,11-16,19-23H2,2-5H3. The number of piperazine rings is 1. The van der Waals surface area contributed by atoms with Crippen molar-refractivity contribution in [3.8, 4) is 35.4 Å². The fourth-order valence-corrected chi connectivity index (χ4v) is 8.75. The van der Waals surface area contributed by atoms with E-state index in [1.807, 2.05) is 25.7 Å². The molecule has 2 atom stereocenters. The molecule has 4 fully saturated rings. The average molecular weight is 803 g/mol. The van der Waals surface area contributed by atoms with Gasteiger partial charge in [-0.15, -0.1) is 6.42 Å². The first kappa shape index (κ1) is 39.6. The van der Waals surface area contributed by atoms with Gasteiger partial charge in [0.1, 0.15) is 34.2 Å². The van der Waals surface area contributed by atoms with Crippen LogP contribution in [-0.2, 0) is 16.1 Å². The first-order valence-electron chi connectivity index (χ1n) is 19.6. The SMILES string of the molecule is C#Cc1c(F)ccc2cc(O)cc(-c3nc(COC)c4c(N5CC6CCC(C5)N6C(=O)OC(C)(C)C)nc(OCC5(CN6CCC(=C(F)F)CC6)CC5)nc4c3F)c12. The van der Waals surface area contributed by atoms with Crippen molar-refractivity contribution in [2.45, 2.75) is 83.6 Å². The molecule has 4 aromatic rings. The minimum absolute atomic E-state index is 0.0648. The monoisotopic (exact) mass is 802 g/mol. The van der Waals surface area contributed by atoms with Crippen LogP contribution in [0.2, 0.25) is 0 Å². The van der Waals surface area contributed by atoms with Crippen LogP contribution in [0.5, 0.6) is 11.8 Å². The number of ether oxygens (including phenoxy) is 3. The predicted molar refractivity (Wildman–Crippen MR) is 210 cm³/mol. The average Bonchev–Trinajstić information content (AvgIpc) is 3.89. The molecule has 58 heavy (non-hydrogen) atoms. The number of halogens is 4. The van der Waals surface area contributed by atoms with Gasteiger partial charge >= 0.3 is 12.1 Å². The highest BCUT2D eigenvalue weighted by molar-refractivity contribution is 6.03. The molecule has 2 aromatic heterocycles. The van der Waals surface area contributed by atoms with Crippen molar-refractivity contribution >= 4 is 33.6 Å². The highest BCUT2D eigenvalue weighted by Crippen LogP contribution is 2.48. The highest BCUT2D eigenvalue weighted by Gasteiger charge is 2.47. The molecule has 2 bridgehead atoms. The number of anilines is 1. The van der Waals surface area contributed by atoms with Gasteiger partial charge in [0.15, 0.2) is 5.82 Å². The zero-order valence-electron chi connectivity index (χ0n) is 33.0. The molecule has 1 aliphatic carbocycles. The van der Waals surface area contributed by atoms with Crippen LogP contribution >= 0.6 is 0 Å². The zero-order chi connectivity index (χ0) is 41.1. The van der Waals surface area contributed by atoms with E-state index in [0.29, 0.717) is 56.8 Å². The Kier molecular flexibility index (Phi) is 10.4. The lowest BCUT2D eigenvalue weighted by atomic mass is 9.95. The van der Waals surface area contributed by atoms with Gasteiger partial charge in [0, 0.05) is 56.2 Å². The van der Waals surface area contributed by atoms with E-state index in [2.05, 4.69) is 15.8 Å². The van der Waals surface area contributed by atoms with E-state index in [4.69, 9.17) is 30.6 Å². The second-order valence-electron chi connectivity index (χ2n) is 17.0. The number of pyridine rings is 1. The maximum Gasteiger partial charge on any atom is 0.410 e. The van der Waals surface area contributed by atoms with E-state index in [-0.39, 0.29) is 92.9 Å². The summed E-state index contributed by atoms with van der Waals surface area (Å²) in [5, 5.41) is 11.6. The summed E-state index contributed by atoms with van der Waals surface area (Å²) < 4.78 is 76.8. The first-order valence-corrected chi connectivity index (χ1v) is 19.6. The Morgan fingerprint density at radius 2 is 1.74 bits per heavy atom. The lowest BCUT2D eigenvalue weighted by Crippen LogP contribution is -2.57. The summed E-state index contributed by atoms with van der Waals surface area (Å²) in [6.45, 7) is 8.07. The third-order valence-electron chi connectivity index (χ3n) is 11.7. The van der Waals surface area contributed by atoms with Crippen LogP contribution in [0.4, 0.5) is 28.2 Å². The third kappa shape index (κ3) is 7.59. The summed E-state index contributed by atoms with van der Waals surface area (Å²) >= 11 is 0. The van der Waals surface area contributed by atoms with Gasteiger partial charge in [0.05, 0.1) is 41.9 Å². The fraction of sp³-hybridized carbons (Fsp3) is 0.488. The number of fused-ring (bicyclic) bond motifs is 4. The number of amides is 1. The molecule has 306 valence electrons. The zero-order valence-corrected chi connectivity index (χ0v) is 33.0. The van der Waals surface area contributed by atoms with Gasteiger partial charge in [-0.25, -0.2) is 18.6 Å². The summed E-state index contributed by atoms with van der Waals surface area (Å²) in [5.41, 5.74) is -0.824. The number of likely N-dealkylation sites (tertiary alicyclic amines) is 1. The molecule has 3 saturated heterocycles. The van der Waals surface area contributed by atoms with Crippen LogP contribution in [0, 0.1) is 29.4 Å². The number of hydrogen-bond donors (Lipinski definition) is 1. The Morgan fingerprint density at radius 3 is 2.36 bits per heavy atom. The van der Waals surface area contributed by atoms with Gasteiger partial charge in [-0.2, -0.15) is 18.7 Å². The molecule has 0 radical (unpaired) electrons. The van der Waals surface area contributed by atoms with Crippen molar-refractivity contribution in [1.29, 1.82) is 0 Å². The number of carbonyl (C=O) groups is 1. The van der Waals surface area contributed by atoms with E-state index in [9.17, 15) is 18.7 Å². The molecule has 4 aliphatic rings. The number of phenolic OH excluding ortho intramolecular Hbond substituents is 1. The number of aromatic hydroxyl groups is 1. The molecule has 8 rings (SSSR count). The number of piperidine rings is 1. The summed E-state index contributed by atoms with van der Waals surface area (Å²) in [6, 6.07) is 4.86. The topological polar surface area (TPSA) is 113 Å². The van der Waals surface area contributed by atoms with Crippen molar-refractivity contribution in [1.82, 2.24) is 24.8 Å². The Morgan fingerprint density at radius 1 is 1.03 bits per heavy atom. The summed E-state index contributed by atoms with van der Waals surface area (Å²) in [6.07, 6.45) is 7.63. The molecule has 1 N–H and O–H groups in total. The van der Waals surface area contributed by atoms with Crippen LogP contribution < -0.4 is 9.64 Å². The smallest absolute Gasteiger partial charge is 0.410 e. The van der Waals surface area contributed by atoms with E-state index in [1.54, 1.807) is 4.90 Å². The molecule has 11 nitrogen and oxygen atoms in total. The van der Waals surface area contributed by atoms with Gasteiger partial charge in [0.2, 0.25) is 0 Å². The minimum Gasteiger partial charge on any atom is -0.508 e. The molecule has 1 amide bonds. The molecule has 2 aromatic carbocycles. The third-order valence-corrected chi connectivity index (χ3v) is 11.7. The number of phenols is 1. The number of carbonyl (C=O) groups excluding carboxylic acids is 1. The number of rotatable bonds is 9. The number of aromatic nitrogens is 3. The number of terminal acetylenes is 1. The van der Waals surface area contributed by atoms with Crippen molar-refractivity contribution in [3.05, 3.63) is 58.8 Å². The van der Waals surface area contributed by atoms with E-state index >= 15 is 8.78 Å². The normalized spacial score (nSPS) is 20.4. The Labute approximate surface area is 334 Å². The van der Waals surface area contributed by atoms with Crippen molar-refractivity contribution < 1.29 is 41.7 Å². The molecular formula is C43H46F4N6O5. The van der Waals surface area contributed by atoms with E-state index in [1.165, 1.54) is 31.4 Å². The van der Waals surface area contributed by atoms with Crippen molar-refractivity contribution in [2.24, 2.45) is 5.41 Å². The van der Waals surface area contributed by atoms with E-state index in [0.717, 1.165) is 25.7 Å².